The second kappa shape index (κ2) is 9.66. The number of hydrogen-bond acceptors (Lipinski definition) is 3. The summed E-state index contributed by atoms with van der Waals surface area (Å²) in [7, 11) is 1.70. The number of aliphatic imine (C=N–C) groups is 1. The number of halogens is 3. The Bertz CT molecular complexity index is 673. The first kappa shape index (κ1) is 21.8. The lowest BCUT2D eigenvalue weighted by Crippen LogP contribution is -2.47. The molecule has 1 heterocycles. The molecule has 0 spiro atoms. The number of piperidine rings is 1. The van der Waals surface area contributed by atoms with Crippen molar-refractivity contribution in [2.45, 2.75) is 38.1 Å². The van der Waals surface area contributed by atoms with Gasteiger partial charge in [0.1, 0.15) is 11.6 Å². The van der Waals surface area contributed by atoms with Gasteiger partial charge in [0.15, 0.2) is 5.96 Å². The van der Waals surface area contributed by atoms with E-state index in [0.717, 1.165) is 18.8 Å². The van der Waals surface area contributed by atoms with Gasteiger partial charge in [0.2, 0.25) is 0 Å². The van der Waals surface area contributed by atoms with E-state index in [9.17, 15) is 13.6 Å². The average molecular weight is 493 g/mol. The fourth-order valence-corrected chi connectivity index (χ4v) is 3.59. The van der Waals surface area contributed by atoms with Crippen LogP contribution in [-0.2, 0) is 9.53 Å². The van der Waals surface area contributed by atoms with Crippen LogP contribution >= 0.6 is 24.0 Å². The molecule has 2 atom stereocenters. The van der Waals surface area contributed by atoms with Gasteiger partial charge in [-0.3, -0.25) is 9.79 Å². The van der Waals surface area contributed by atoms with Crippen LogP contribution in [0.4, 0.5) is 8.78 Å². The first-order valence-electron chi connectivity index (χ1n) is 9.14. The van der Waals surface area contributed by atoms with Gasteiger partial charge in [0.25, 0.3) is 0 Å². The molecule has 1 aromatic carbocycles. The van der Waals surface area contributed by atoms with Crippen molar-refractivity contribution >= 4 is 35.9 Å². The second-order valence-corrected chi connectivity index (χ2v) is 6.79. The van der Waals surface area contributed by atoms with Gasteiger partial charge < -0.3 is 15.0 Å². The Kier molecular flexibility index (Phi) is 7.81. The van der Waals surface area contributed by atoms with Gasteiger partial charge >= 0.3 is 5.97 Å². The van der Waals surface area contributed by atoms with E-state index >= 15 is 0 Å². The van der Waals surface area contributed by atoms with Crippen LogP contribution in [0.2, 0.25) is 0 Å². The molecular weight excluding hydrogens is 467 g/mol. The first-order chi connectivity index (χ1) is 12.5. The van der Waals surface area contributed by atoms with Gasteiger partial charge in [-0.2, -0.15) is 0 Å². The summed E-state index contributed by atoms with van der Waals surface area (Å²) in [5.41, 5.74) is 0.154. The molecule has 0 radical (unpaired) electrons. The highest BCUT2D eigenvalue weighted by Crippen LogP contribution is 2.43. The Hall–Kier alpha value is -1.45. The Morgan fingerprint density at radius 1 is 1.30 bits per heavy atom. The van der Waals surface area contributed by atoms with Crippen LogP contribution in [-0.4, -0.2) is 49.6 Å². The second-order valence-electron chi connectivity index (χ2n) is 6.79. The van der Waals surface area contributed by atoms with Crippen LogP contribution < -0.4 is 5.32 Å². The fourth-order valence-electron chi connectivity index (χ4n) is 3.59. The summed E-state index contributed by atoms with van der Waals surface area (Å²) in [6.07, 6.45) is 2.11. The third-order valence-corrected chi connectivity index (χ3v) is 5.10. The molecule has 1 N–H and O–H groups in total. The van der Waals surface area contributed by atoms with Crippen LogP contribution in [0.15, 0.2) is 23.2 Å². The SMILES string of the molecule is CCOC(=O)C1CCN(C(=NC)NC2CC2c2c(F)cccc2F)CC1.I. The molecule has 1 aromatic rings. The van der Waals surface area contributed by atoms with Gasteiger partial charge in [0.05, 0.1) is 12.5 Å². The van der Waals surface area contributed by atoms with E-state index in [-0.39, 0.29) is 53.4 Å². The molecule has 1 saturated carbocycles. The fraction of sp³-hybridized carbons (Fsp3) is 0.579. The van der Waals surface area contributed by atoms with Crippen molar-refractivity contribution in [2.75, 3.05) is 26.7 Å². The molecule has 150 valence electrons. The first-order valence-corrected chi connectivity index (χ1v) is 9.14. The van der Waals surface area contributed by atoms with E-state index in [0.29, 0.717) is 26.1 Å². The highest BCUT2D eigenvalue weighted by Gasteiger charge is 2.43. The Labute approximate surface area is 175 Å². The molecule has 2 fully saturated rings. The van der Waals surface area contributed by atoms with Crippen molar-refractivity contribution in [2.24, 2.45) is 10.9 Å². The molecule has 27 heavy (non-hydrogen) atoms. The highest BCUT2D eigenvalue weighted by molar-refractivity contribution is 14.0. The van der Waals surface area contributed by atoms with Crippen molar-refractivity contribution in [1.82, 2.24) is 10.2 Å². The van der Waals surface area contributed by atoms with Gasteiger partial charge in [0, 0.05) is 37.7 Å². The van der Waals surface area contributed by atoms with E-state index in [1.807, 2.05) is 6.92 Å². The summed E-state index contributed by atoms with van der Waals surface area (Å²) in [5.74, 6) is -0.645. The van der Waals surface area contributed by atoms with E-state index in [2.05, 4.69) is 15.2 Å². The molecule has 2 aliphatic rings. The zero-order chi connectivity index (χ0) is 18.7. The molecule has 0 amide bonds. The molecule has 2 unspecified atom stereocenters. The highest BCUT2D eigenvalue weighted by atomic mass is 127. The third kappa shape index (κ3) is 5.08. The monoisotopic (exact) mass is 493 g/mol. The third-order valence-electron chi connectivity index (χ3n) is 5.10. The maximum atomic E-state index is 13.9. The number of nitrogens with zero attached hydrogens (tertiary/aromatic N) is 2. The van der Waals surface area contributed by atoms with Crippen molar-refractivity contribution in [3.8, 4) is 0 Å². The molecule has 1 aliphatic carbocycles. The lowest BCUT2D eigenvalue weighted by atomic mass is 9.97. The Balaban J connectivity index is 0.00000261. The van der Waals surface area contributed by atoms with Crippen LogP contribution in [0.25, 0.3) is 0 Å². The zero-order valence-corrected chi connectivity index (χ0v) is 17.9. The van der Waals surface area contributed by atoms with Crippen LogP contribution in [0.1, 0.15) is 37.7 Å². The van der Waals surface area contributed by atoms with Crippen molar-refractivity contribution in [1.29, 1.82) is 0 Å². The number of carbonyl (C=O) groups excluding carboxylic acids is 1. The summed E-state index contributed by atoms with van der Waals surface area (Å²) in [6, 6.07) is 3.94. The lowest BCUT2D eigenvalue weighted by molar-refractivity contribution is -0.149. The summed E-state index contributed by atoms with van der Waals surface area (Å²) in [6.45, 7) is 3.62. The number of likely N-dealkylation sites (tertiary alicyclic amines) is 1. The van der Waals surface area contributed by atoms with Crippen molar-refractivity contribution < 1.29 is 18.3 Å². The quantitative estimate of drug-likeness (QED) is 0.303. The number of hydrogen-bond donors (Lipinski definition) is 1. The van der Waals surface area contributed by atoms with E-state index in [4.69, 9.17) is 4.74 Å². The number of nitrogens with one attached hydrogen (secondary N) is 1. The molecule has 5 nitrogen and oxygen atoms in total. The van der Waals surface area contributed by atoms with E-state index in [1.165, 1.54) is 18.2 Å². The predicted molar refractivity (Wildman–Crippen MR) is 110 cm³/mol. The van der Waals surface area contributed by atoms with E-state index in [1.54, 1.807) is 7.05 Å². The number of carbonyl (C=O) groups is 1. The maximum absolute atomic E-state index is 13.9. The van der Waals surface area contributed by atoms with Crippen LogP contribution in [0, 0.1) is 17.6 Å². The minimum Gasteiger partial charge on any atom is -0.466 e. The lowest BCUT2D eigenvalue weighted by Gasteiger charge is -2.33. The van der Waals surface area contributed by atoms with Crippen molar-refractivity contribution in [3.05, 3.63) is 35.4 Å². The number of ether oxygens (including phenoxy) is 1. The summed E-state index contributed by atoms with van der Waals surface area (Å²) >= 11 is 0. The molecule has 3 rings (SSSR count). The van der Waals surface area contributed by atoms with Crippen LogP contribution in [0.3, 0.4) is 0 Å². The minimum absolute atomic E-state index is 0. The molecule has 8 heteroatoms. The standard InChI is InChI=1S/C19H25F2N3O2.HI/c1-3-26-18(25)12-7-9-24(10-8-12)19(22-2)23-16-11-13(16)17-14(20)5-4-6-15(17)21;/h4-6,12-13,16H,3,7-11H2,1-2H3,(H,22,23);1H. The minimum atomic E-state index is -0.496. The van der Waals surface area contributed by atoms with Gasteiger partial charge in [-0.1, -0.05) is 6.07 Å². The molecule has 1 saturated heterocycles. The zero-order valence-electron chi connectivity index (χ0n) is 15.6. The maximum Gasteiger partial charge on any atom is 0.309 e. The van der Waals surface area contributed by atoms with Crippen LogP contribution in [0.5, 0.6) is 0 Å². The van der Waals surface area contributed by atoms with Gasteiger partial charge in [-0.25, -0.2) is 8.78 Å². The molecule has 0 aromatic heterocycles. The number of rotatable bonds is 4. The molecular formula is C19H26F2IN3O2. The van der Waals surface area contributed by atoms with Gasteiger partial charge in [-0.15, -0.1) is 24.0 Å². The predicted octanol–water partition coefficient (Wildman–Crippen LogP) is 3.29. The average Bonchev–Trinajstić information content (AvgIpc) is 3.38. The molecule has 1 aliphatic heterocycles. The number of esters is 1. The number of benzene rings is 1. The number of guanidine groups is 1. The Morgan fingerprint density at radius 3 is 2.48 bits per heavy atom. The summed E-state index contributed by atoms with van der Waals surface area (Å²) < 4.78 is 32.9. The molecule has 0 bridgehead atoms. The normalized spacial score (nSPS) is 22.8. The largest absolute Gasteiger partial charge is 0.466 e. The van der Waals surface area contributed by atoms with Gasteiger partial charge in [-0.05, 0) is 38.3 Å². The smallest absolute Gasteiger partial charge is 0.309 e. The van der Waals surface area contributed by atoms with E-state index < -0.39 is 11.6 Å². The summed E-state index contributed by atoms with van der Waals surface area (Å²) in [5, 5.41) is 3.31. The van der Waals surface area contributed by atoms with Crippen molar-refractivity contribution in [3.63, 3.8) is 0 Å². The topological polar surface area (TPSA) is 53.9 Å². The summed E-state index contributed by atoms with van der Waals surface area (Å²) in [4.78, 5) is 18.2. The Morgan fingerprint density at radius 2 is 1.93 bits per heavy atom.